The van der Waals surface area contributed by atoms with Gasteiger partial charge >= 0.3 is 0 Å². The largest absolute Gasteiger partial charge is 0.339 e. The van der Waals surface area contributed by atoms with Gasteiger partial charge in [0.15, 0.2) is 0 Å². The molecule has 3 nitrogen and oxygen atoms in total. The van der Waals surface area contributed by atoms with Crippen molar-refractivity contribution < 1.29 is 4.79 Å². The predicted molar refractivity (Wildman–Crippen MR) is 62.4 cm³/mol. The van der Waals surface area contributed by atoms with Crippen LogP contribution in [0.4, 0.5) is 0 Å². The van der Waals surface area contributed by atoms with Crippen LogP contribution < -0.4 is 5.73 Å². The van der Waals surface area contributed by atoms with Crippen LogP contribution in [-0.4, -0.2) is 29.4 Å². The van der Waals surface area contributed by atoms with Crippen molar-refractivity contribution in [3.05, 3.63) is 0 Å². The van der Waals surface area contributed by atoms with E-state index in [9.17, 15) is 4.79 Å². The highest BCUT2D eigenvalue weighted by atomic mass is 16.2. The number of carbonyl (C=O) groups is 1. The molecule has 0 spiro atoms. The molecule has 88 valence electrons. The summed E-state index contributed by atoms with van der Waals surface area (Å²) in [6.07, 6.45) is 2.29. The fourth-order valence-corrected chi connectivity index (χ4v) is 2.25. The zero-order valence-corrected chi connectivity index (χ0v) is 10.4. The monoisotopic (exact) mass is 212 g/mol. The highest BCUT2D eigenvalue weighted by molar-refractivity contribution is 5.79. The van der Waals surface area contributed by atoms with Gasteiger partial charge in [0.25, 0.3) is 0 Å². The summed E-state index contributed by atoms with van der Waals surface area (Å²) in [4.78, 5) is 14.2. The zero-order chi connectivity index (χ0) is 11.6. The lowest BCUT2D eigenvalue weighted by Crippen LogP contribution is -2.45. The van der Waals surface area contributed by atoms with Crippen LogP contribution in [0.25, 0.3) is 0 Å². The highest BCUT2D eigenvalue weighted by Crippen LogP contribution is 2.25. The second-order valence-electron chi connectivity index (χ2n) is 5.13. The number of amides is 1. The van der Waals surface area contributed by atoms with Crippen LogP contribution in [0, 0.1) is 11.8 Å². The number of nitrogens with two attached hydrogens (primary N) is 1. The molecule has 1 amide bonds. The molecule has 3 unspecified atom stereocenters. The summed E-state index contributed by atoms with van der Waals surface area (Å²) in [6, 6.07) is 0.379. The molecule has 0 aliphatic carbocycles. The molecule has 0 saturated carbocycles. The van der Waals surface area contributed by atoms with Crippen molar-refractivity contribution >= 4 is 5.91 Å². The van der Waals surface area contributed by atoms with Gasteiger partial charge in [0.1, 0.15) is 0 Å². The first kappa shape index (κ1) is 12.5. The molecule has 0 radical (unpaired) electrons. The standard InChI is InChI=1S/C12H24N2O/c1-8(2)11-6-5-7-14(11)12(15)9(3)10(4)13/h8-11H,5-7,13H2,1-4H3. The van der Waals surface area contributed by atoms with Gasteiger partial charge in [0.2, 0.25) is 5.91 Å². The van der Waals surface area contributed by atoms with E-state index in [1.54, 1.807) is 0 Å². The summed E-state index contributed by atoms with van der Waals surface area (Å²) >= 11 is 0. The fraction of sp³-hybridized carbons (Fsp3) is 0.917. The molecular formula is C12H24N2O. The molecule has 1 aliphatic rings. The van der Waals surface area contributed by atoms with Crippen molar-refractivity contribution in [1.29, 1.82) is 0 Å². The van der Waals surface area contributed by atoms with Gasteiger partial charge in [0.05, 0.1) is 5.92 Å². The maximum absolute atomic E-state index is 12.1. The average molecular weight is 212 g/mol. The topological polar surface area (TPSA) is 46.3 Å². The first-order valence-electron chi connectivity index (χ1n) is 6.01. The van der Waals surface area contributed by atoms with Gasteiger partial charge in [-0.3, -0.25) is 4.79 Å². The fourth-order valence-electron chi connectivity index (χ4n) is 2.25. The third-order valence-electron chi connectivity index (χ3n) is 3.53. The number of hydrogen-bond acceptors (Lipinski definition) is 2. The number of carbonyl (C=O) groups excluding carboxylic acids is 1. The van der Waals surface area contributed by atoms with Crippen molar-refractivity contribution in [2.24, 2.45) is 17.6 Å². The van der Waals surface area contributed by atoms with Crippen molar-refractivity contribution in [2.45, 2.75) is 52.6 Å². The summed E-state index contributed by atoms with van der Waals surface area (Å²) in [7, 11) is 0. The molecule has 3 atom stereocenters. The first-order chi connectivity index (χ1) is 6.95. The Morgan fingerprint density at radius 3 is 2.40 bits per heavy atom. The van der Waals surface area contributed by atoms with Crippen LogP contribution in [0.15, 0.2) is 0 Å². The Hall–Kier alpha value is -0.570. The molecule has 2 N–H and O–H groups in total. The first-order valence-corrected chi connectivity index (χ1v) is 6.01. The van der Waals surface area contributed by atoms with Gasteiger partial charge in [-0.2, -0.15) is 0 Å². The molecule has 1 aliphatic heterocycles. The van der Waals surface area contributed by atoms with Gasteiger partial charge in [-0.05, 0) is 25.7 Å². The summed E-state index contributed by atoms with van der Waals surface area (Å²) in [6.45, 7) is 9.13. The van der Waals surface area contributed by atoms with E-state index in [2.05, 4.69) is 13.8 Å². The van der Waals surface area contributed by atoms with E-state index in [0.29, 0.717) is 12.0 Å². The Morgan fingerprint density at radius 2 is 1.93 bits per heavy atom. The SMILES string of the molecule is CC(C)C1CCCN1C(=O)C(C)C(C)N. The predicted octanol–water partition coefficient (Wildman–Crippen LogP) is 1.62. The Labute approximate surface area is 93.0 Å². The van der Waals surface area contributed by atoms with E-state index in [0.717, 1.165) is 19.4 Å². The molecular weight excluding hydrogens is 188 g/mol. The molecule has 0 bridgehead atoms. The van der Waals surface area contributed by atoms with Crippen LogP contribution in [0.1, 0.15) is 40.5 Å². The van der Waals surface area contributed by atoms with Crippen LogP contribution >= 0.6 is 0 Å². The lowest BCUT2D eigenvalue weighted by molar-refractivity contribution is -0.137. The molecule has 15 heavy (non-hydrogen) atoms. The number of likely N-dealkylation sites (tertiary alicyclic amines) is 1. The maximum atomic E-state index is 12.1. The molecule has 0 aromatic heterocycles. The van der Waals surface area contributed by atoms with Crippen LogP contribution in [0.3, 0.4) is 0 Å². The van der Waals surface area contributed by atoms with Gasteiger partial charge in [-0.25, -0.2) is 0 Å². The lowest BCUT2D eigenvalue weighted by atomic mass is 9.98. The Bertz CT molecular complexity index is 226. The molecule has 0 aromatic rings. The van der Waals surface area contributed by atoms with E-state index in [1.807, 2.05) is 18.7 Å². The van der Waals surface area contributed by atoms with Crippen LogP contribution in [0.5, 0.6) is 0 Å². The Morgan fingerprint density at radius 1 is 1.33 bits per heavy atom. The van der Waals surface area contributed by atoms with Crippen molar-refractivity contribution in [1.82, 2.24) is 4.90 Å². The third kappa shape index (κ3) is 2.71. The summed E-state index contributed by atoms with van der Waals surface area (Å²) in [5.41, 5.74) is 5.78. The van der Waals surface area contributed by atoms with E-state index in [1.165, 1.54) is 0 Å². The van der Waals surface area contributed by atoms with Gasteiger partial charge in [0, 0.05) is 18.6 Å². The minimum atomic E-state index is -0.0515. The summed E-state index contributed by atoms with van der Waals surface area (Å²) in [5.74, 6) is 0.738. The normalized spacial score (nSPS) is 25.7. The maximum Gasteiger partial charge on any atom is 0.227 e. The number of hydrogen-bond donors (Lipinski definition) is 1. The average Bonchev–Trinajstić information content (AvgIpc) is 2.63. The number of nitrogens with zero attached hydrogens (tertiary/aromatic N) is 1. The van der Waals surface area contributed by atoms with Crippen LogP contribution in [0.2, 0.25) is 0 Å². The van der Waals surface area contributed by atoms with E-state index in [4.69, 9.17) is 5.73 Å². The second-order valence-corrected chi connectivity index (χ2v) is 5.13. The summed E-state index contributed by atoms with van der Waals surface area (Å²) < 4.78 is 0. The molecule has 1 heterocycles. The molecule has 1 fully saturated rings. The van der Waals surface area contributed by atoms with Crippen molar-refractivity contribution in [2.75, 3.05) is 6.54 Å². The lowest BCUT2D eigenvalue weighted by Gasteiger charge is -2.31. The highest BCUT2D eigenvalue weighted by Gasteiger charge is 2.33. The van der Waals surface area contributed by atoms with E-state index >= 15 is 0 Å². The summed E-state index contributed by atoms with van der Waals surface area (Å²) in [5, 5.41) is 0. The quantitative estimate of drug-likeness (QED) is 0.772. The third-order valence-corrected chi connectivity index (χ3v) is 3.53. The van der Waals surface area contributed by atoms with Crippen LogP contribution in [-0.2, 0) is 4.79 Å². The molecule has 0 aromatic carbocycles. The van der Waals surface area contributed by atoms with Crippen molar-refractivity contribution in [3.63, 3.8) is 0 Å². The van der Waals surface area contributed by atoms with Gasteiger partial charge in [-0.15, -0.1) is 0 Å². The minimum Gasteiger partial charge on any atom is -0.339 e. The van der Waals surface area contributed by atoms with Gasteiger partial charge < -0.3 is 10.6 Å². The van der Waals surface area contributed by atoms with Crippen molar-refractivity contribution in [3.8, 4) is 0 Å². The van der Waals surface area contributed by atoms with Gasteiger partial charge in [-0.1, -0.05) is 20.8 Å². The molecule has 1 rings (SSSR count). The molecule has 1 saturated heterocycles. The number of rotatable bonds is 3. The molecule has 3 heteroatoms. The zero-order valence-electron chi connectivity index (χ0n) is 10.4. The van der Waals surface area contributed by atoms with E-state index in [-0.39, 0.29) is 17.9 Å². The second kappa shape index (κ2) is 4.97. The Balaban J connectivity index is 2.66. The minimum absolute atomic E-state index is 0.0501. The van der Waals surface area contributed by atoms with E-state index < -0.39 is 0 Å². The smallest absolute Gasteiger partial charge is 0.227 e. The Kier molecular flexibility index (Phi) is 4.14.